The van der Waals surface area contributed by atoms with Gasteiger partial charge in [-0.3, -0.25) is 4.79 Å². The molecule has 0 aromatic carbocycles. The van der Waals surface area contributed by atoms with E-state index in [4.69, 9.17) is 0 Å². The third-order valence-electron chi connectivity index (χ3n) is 4.39. The molecule has 3 unspecified atom stereocenters. The molecule has 1 saturated carbocycles. The lowest BCUT2D eigenvalue weighted by molar-refractivity contribution is -0.135. The van der Waals surface area contributed by atoms with Crippen LogP contribution in [-0.4, -0.2) is 36.5 Å². The van der Waals surface area contributed by atoms with E-state index < -0.39 is 0 Å². The van der Waals surface area contributed by atoms with Gasteiger partial charge in [0.25, 0.3) is 0 Å². The smallest absolute Gasteiger partial charge is 0.239 e. The Morgan fingerprint density at radius 2 is 2.00 bits per heavy atom. The lowest BCUT2D eigenvalue weighted by Crippen LogP contribution is -2.48. The number of carbonyl (C=O) groups excluding carboxylic acids is 1. The van der Waals surface area contributed by atoms with Gasteiger partial charge in [0.1, 0.15) is 0 Å². The second-order valence-electron chi connectivity index (χ2n) is 5.42. The molecular weight excluding hydrogens is 200 g/mol. The van der Waals surface area contributed by atoms with Gasteiger partial charge in [-0.2, -0.15) is 0 Å². The first-order chi connectivity index (χ1) is 7.79. The van der Waals surface area contributed by atoms with Gasteiger partial charge in [0.05, 0.1) is 6.04 Å². The minimum atomic E-state index is 0.0677. The van der Waals surface area contributed by atoms with E-state index in [9.17, 15) is 4.79 Å². The third kappa shape index (κ3) is 1.67. The molecule has 3 nitrogen and oxygen atoms in total. The molecular formula is C13H20N2O. The van der Waals surface area contributed by atoms with Crippen molar-refractivity contribution in [2.24, 2.45) is 11.8 Å². The first-order valence-electron chi connectivity index (χ1n) is 6.42. The molecule has 2 fully saturated rings. The van der Waals surface area contributed by atoms with Crippen molar-refractivity contribution in [3.63, 3.8) is 0 Å². The van der Waals surface area contributed by atoms with Gasteiger partial charge in [0, 0.05) is 12.6 Å². The van der Waals surface area contributed by atoms with Crippen molar-refractivity contribution in [1.29, 1.82) is 0 Å². The van der Waals surface area contributed by atoms with Crippen molar-refractivity contribution in [2.75, 3.05) is 13.6 Å². The fourth-order valence-corrected chi connectivity index (χ4v) is 3.20. The lowest BCUT2D eigenvalue weighted by atomic mass is 10.1. The van der Waals surface area contributed by atoms with Crippen LogP contribution >= 0.6 is 0 Å². The van der Waals surface area contributed by atoms with Gasteiger partial charge in [-0.15, -0.1) is 0 Å². The maximum absolute atomic E-state index is 12.4. The van der Waals surface area contributed by atoms with E-state index >= 15 is 0 Å². The monoisotopic (exact) mass is 220 g/mol. The average molecular weight is 220 g/mol. The van der Waals surface area contributed by atoms with Gasteiger partial charge >= 0.3 is 0 Å². The van der Waals surface area contributed by atoms with E-state index in [1.807, 2.05) is 7.05 Å². The molecule has 1 N–H and O–H groups in total. The van der Waals surface area contributed by atoms with E-state index in [2.05, 4.69) is 22.4 Å². The largest absolute Gasteiger partial charge is 0.337 e. The summed E-state index contributed by atoms with van der Waals surface area (Å²) in [5.74, 6) is 1.94. The Labute approximate surface area is 96.9 Å². The SMILES string of the molecule is CNC1CC2CC2CN(C2CC=CC2)C1=O. The molecule has 88 valence electrons. The second-order valence-corrected chi connectivity index (χ2v) is 5.42. The summed E-state index contributed by atoms with van der Waals surface area (Å²) in [6.45, 7) is 1.01. The van der Waals surface area contributed by atoms with Crippen LogP contribution < -0.4 is 5.32 Å². The highest BCUT2D eigenvalue weighted by molar-refractivity contribution is 5.82. The zero-order valence-corrected chi connectivity index (χ0v) is 9.86. The number of fused-ring (bicyclic) bond motifs is 1. The number of likely N-dealkylation sites (N-methyl/N-ethyl adjacent to an activating group) is 1. The summed E-state index contributed by atoms with van der Waals surface area (Å²) in [4.78, 5) is 14.5. The molecule has 0 aromatic heterocycles. The quantitative estimate of drug-likeness (QED) is 0.708. The van der Waals surface area contributed by atoms with E-state index in [1.165, 1.54) is 6.42 Å². The number of hydrogen-bond donors (Lipinski definition) is 1. The molecule has 0 aromatic rings. The normalized spacial score (nSPS) is 38.7. The highest BCUT2D eigenvalue weighted by atomic mass is 16.2. The highest BCUT2D eigenvalue weighted by Gasteiger charge is 2.46. The Morgan fingerprint density at radius 3 is 2.69 bits per heavy atom. The summed E-state index contributed by atoms with van der Waals surface area (Å²) in [6.07, 6.45) is 8.92. The Morgan fingerprint density at radius 1 is 1.25 bits per heavy atom. The molecule has 2 aliphatic carbocycles. The zero-order chi connectivity index (χ0) is 11.1. The van der Waals surface area contributed by atoms with Crippen LogP contribution in [0.5, 0.6) is 0 Å². The Kier molecular flexibility index (Phi) is 2.51. The van der Waals surface area contributed by atoms with Crippen LogP contribution in [0, 0.1) is 11.8 Å². The van der Waals surface area contributed by atoms with E-state index in [0.29, 0.717) is 11.9 Å². The molecule has 1 amide bonds. The molecule has 0 bridgehead atoms. The first-order valence-corrected chi connectivity index (χ1v) is 6.42. The van der Waals surface area contributed by atoms with Crippen molar-refractivity contribution in [3.8, 4) is 0 Å². The lowest BCUT2D eigenvalue weighted by Gasteiger charge is -2.31. The fourth-order valence-electron chi connectivity index (χ4n) is 3.20. The first kappa shape index (κ1) is 10.3. The van der Waals surface area contributed by atoms with Gasteiger partial charge in [0.15, 0.2) is 0 Å². The molecule has 1 saturated heterocycles. The molecule has 0 spiro atoms. The molecule has 1 aliphatic heterocycles. The second kappa shape index (κ2) is 3.88. The van der Waals surface area contributed by atoms with Crippen molar-refractivity contribution in [3.05, 3.63) is 12.2 Å². The van der Waals surface area contributed by atoms with Crippen LogP contribution in [0.15, 0.2) is 12.2 Å². The summed E-state index contributed by atoms with van der Waals surface area (Å²) in [5, 5.41) is 3.19. The minimum absolute atomic E-state index is 0.0677. The fraction of sp³-hybridized carbons (Fsp3) is 0.769. The van der Waals surface area contributed by atoms with E-state index in [1.54, 1.807) is 0 Å². The van der Waals surface area contributed by atoms with Crippen molar-refractivity contribution < 1.29 is 4.79 Å². The summed E-state index contributed by atoms with van der Waals surface area (Å²) in [7, 11) is 1.91. The highest BCUT2D eigenvalue weighted by Crippen LogP contribution is 2.45. The number of nitrogens with one attached hydrogen (secondary N) is 1. The number of likely N-dealkylation sites (tertiary alicyclic amines) is 1. The third-order valence-corrected chi connectivity index (χ3v) is 4.39. The summed E-state index contributed by atoms with van der Waals surface area (Å²) >= 11 is 0. The van der Waals surface area contributed by atoms with Crippen molar-refractivity contribution in [2.45, 2.75) is 37.8 Å². The molecule has 1 heterocycles. The van der Waals surface area contributed by atoms with Crippen LogP contribution in [-0.2, 0) is 4.79 Å². The van der Waals surface area contributed by atoms with Crippen LogP contribution in [0.1, 0.15) is 25.7 Å². The molecule has 3 atom stereocenters. The van der Waals surface area contributed by atoms with Crippen LogP contribution in [0.2, 0.25) is 0 Å². The van der Waals surface area contributed by atoms with E-state index in [-0.39, 0.29) is 6.04 Å². The number of nitrogens with zero attached hydrogens (tertiary/aromatic N) is 1. The Hall–Kier alpha value is -0.830. The zero-order valence-electron chi connectivity index (χ0n) is 9.86. The average Bonchev–Trinajstić information content (AvgIpc) is 2.81. The van der Waals surface area contributed by atoms with Crippen molar-refractivity contribution >= 4 is 5.91 Å². The van der Waals surface area contributed by atoms with Gasteiger partial charge < -0.3 is 10.2 Å². The predicted octanol–water partition coefficient (Wildman–Crippen LogP) is 1.16. The predicted molar refractivity (Wildman–Crippen MR) is 62.9 cm³/mol. The Bertz CT molecular complexity index is 318. The maximum Gasteiger partial charge on any atom is 0.239 e. The van der Waals surface area contributed by atoms with Gasteiger partial charge in [-0.25, -0.2) is 0 Å². The van der Waals surface area contributed by atoms with Gasteiger partial charge in [0.2, 0.25) is 5.91 Å². The summed E-state index contributed by atoms with van der Waals surface area (Å²) in [6, 6.07) is 0.515. The summed E-state index contributed by atoms with van der Waals surface area (Å²) in [5.41, 5.74) is 0. The minimum Gasteiger partial charge on any atom is -0.337 e. The maximum atomic E-state index is 12.4. The number of rotatable bonds is 2. The summed E-state index contributed by atoms with van der Waals surface area (Å²) < 4.78 is 0. The number of amides is 1. The van der Waals surface area contributed by atoms with Crippen LogP contribution in [0.3, 0.4) is 0 Å². The van der Waals surface area contributed by atoms with Gasteiger partial charge in [-0.05, 0) is 44.6 Å². The molecule has 16 heavy (non-hydrogen) atoms. The number of carbonyl (C=O) groups is 1. The van der Waals surface area contributed by atoms with Crippen molar-refractivity contribution in [1.82, 2.24) is 10.2 Å². The Balaban J connectivity index is 1.76. The molecule has 0 radical (unpaired) electrons. The number of hydrogen-bond acceptors (Lipinski definition) is 2. The molecule has 3 aliphatic rings. The molecule has 3 rings (SSSR count). The van der Waals surface area contributed by atoms with Gasteiger partial charge in [-0.1, -0.05) is 12.2 Å². The van der Waals surface area contributed by atoms with Crippen LogP contribution in [0.4, 0.5) is 0 Å². The van der Waals surface area contributed by atoms with Crippen LogP contribution in [0.25, 0.3) is 0 Å². The van der Waals surface area contributed by atoms with E-state index in [0.717, 1.165) is 37.6 Å². The molecule has 3 heteroatoms. The standard InChI is InChI=1S/C13H20N2O/c1-14-12-7-9-6-10(9)8-15(13(12)16)11-4-2-3-5-11/h2-3,9-12,14H,4-8H2,1H3. The topological polar surface area (TPSA) is 32.3 Å².